The van der Waals surface area contributed by atoms with Crippen LogP contribution in [0.5, 0.6) is 0 Å². The van der Waals surface area contributed by atoms with E-state index in [2.05, 4.69) is 17.9 Å². The SMILES string of the molecule is N#Cc1ccc(C#Cc2ccc(CCOCC(=O)O)cc2)cc1. The molecule has 0 aliphatic rings. The van der Waals surface area contributed by atoms with Crippen molar-refractivity contribution in [1.29, 1.82) is 5.26 Å². The van der Waals surface area contributed by atoms with Crippen LogP contribution in [-0.4, -0.2) is 24.3 Å². The van der Waals surface area contributed by atoms with Crippen molar-refractivity contribution in [3.8, 4) is 17.9 Å². The molecule has 0 heterocycles. The van der Waals surface area contributed by atoms with Crippen molar-refractivity contribution in [2.24, 2.45) is 0 Å². The van der Waals surface area contributed by atoms with E-state index in [4.69, 9.17) is 15.1 Å². The average molecular weight is 305 g/mol. The number of nitrogens with zero attached hydrogens (tertiary/aromatic N) is 1. The van der Waals surface area contributed by atoms with E-state index < -0.39 is 5.97 Å². The van der Waals surface area contributed by atoms with Gasteiger partial charge in [0.15, 0.2) is 0 Å². The minimum Gasteiger partial charge on any atom is -0.480 e. The first kappa shape index (κ1) is 16.3. The summed E-state index contributed by atoms with van der Waals surface area (Å²) in [6.07, 6.45) is 0.663. The molecule has 0 fully saturated rings. The smallest absolute Gasteiger partial charge is 0.329 e. The number of aliphatic carboxylic acids is 1. The molecule has 0 aromatic heterocycles. The van der Waals surface area contributed by atoms with Crippen LogP contribution >= 0.6 is 0 Å². The van der Waals surface area contributed by atoms with E-state index in [0.29, 0.717) is 18.6 Å². The van der Waals surface area contributed by atoms with Gasteiger partial charge in [0.1, 0.15) is 6.61 Å². The van der Waals surface area contributed by atoms with Crippen LogP contribution < -0.4 is 0 Å². The molecule has 0 radical (unpaired) electrons. The van der Waals surface area contributed by atoms with Gasteiger partial charge in [0.25, 0.3) is 0 Å². The monoisotopic (exact) mass is 305 g/mol. The van der Waals surface area contributed by atoms with Crippen LogP contribution in [0.3, 0.4) is 0 Å². The Morgan fingerprint density at radius 1 is 0.957 bits per heavy atom. The highest BCUT2D eigenvalue weighted by atomic mass is 16.5. The van der Waals surface area contributed by atoms with E-state index in [9.17, 15) is 4.79 Å². The van der Waals surface area contributed by atoms with Gasteiger partial charge in [-0.3, -0.25) is 0 Å². The summed E-state index contributed by atoms with van der Waals surface area (Å²) in [5.41, 5.74) is 3.43. The Balaban J connectivity index is 1.91. The Hall–Kier alpha value is -3.08. The molecule has 4 nitrogen and oxygen atoms in total. The molecule has 23 heavy (non-hydrogen) atoms. The average Bonchev–Trinajstić information content (AvgIpc) is 2.58. The molecule has 0 aliphatic carbocycles. The molecule has 0 amide bonds. The van der Waals surface area contributed by atoms with Crippen molar-refractivity contribution < 1.29 is 14.6 Å². The van der Waals surface area contributed by atoms with Gasteiger partial charge in [-0.25, -0.2) is 4.79 Å². The third-order valence-electron chi connectivity index (χ3n) is 3.08. The molecule has 0 saturated carbocycles. The molecule has 114 valence electrons. The lowest BCUT2D eigenvalue weighted by atomic mass is 10.1. The highest BCUT2D eigenvalue weighted by Crippen LogP contribution is 2.06. The first-order valence-corrected chi connectivity index (χ1v) is 7.08. The summed E-state index contributed by atoms with van der Waals surface area (Å²) in [4.78, 5) is 10.3. The van der Waals surface area contributed by atoms with Crippen molar-refractivity contribution in [3.63, 3.8) is 0 Å². The fourth-order valence-electron chi connectivity index (χ4n) is 1.88. The molecule has 2 aromatic rings. The van der Waals surface area contributed by atoms with Crippen molar-refractivity contribution in [3.05, 3.63) is 70.8 Å². The first-order valence-electron chi connectivity index (χ1n) is 7.08. The highest BCUT2D eigenvalue weighted by molar-refractivity contribution is 5.67. The fraction of sp³-hybridized carbons (Fsp3) is 0.158. The molecule has 1 N–H and O–H groups in total. The molecular weight excluding hydrogens is 290 g/mol. The standard InChI is InChI=1S/C19H15NO3/c20-13-18-9-7-16(8-10-18)2-1-15-3-5-17(6-4-15)11-12-23-14-19(21)22/h3-10H,11-12,14H2,(H,21,22). The van der Waals surface area contributed by atoms with E-state index in [-0.39, 0.29) is 6.61 Å². The predicted molar refractivity (Wildman–Crippen MR) is 85.7 cm³/mol. The normalized spacial score (nSPS) is 9.52. The van der Waals surface area contributed by atoms with Crippen LogP contribution in [0.4, 0.5) is 0 Å². The fourth-order valence-corrected chi connectivity index (χ4v) is 1.88. The van der Waals surface area contributed by atoms with Crippen LogP contribution in [-0.2, 0) is 16.0 Å². The summed E-state index contributed by atoms with van der Waals surface area (Å²) >= 11 is 0. The second-order valence-corrected chi connectivity index (χ2v) is 4.83. The number of carboxylic acid groups (broad SMARTS) is 1. The summed E-state index contributed by atoms with van der Waals surface area (Å²) in [7, 11) is 0. The van der Waals surface area contributed by atoms with Gasteiger partial charge in [-0.15, -0.1) is 0 Å². The van der Waals surface area contributed by atoms with Gasteiger partial charge in [0, 0.05) is 11.1 Å². The molecule has 0 aliphatic heterocycles. The third kappa shape index (κ3) is 5.67. The number of carbonyl (C=O) groups is 1. The van der Waals surface area contributed by atoms with Gasteiger partial charge in [0.05, 0.1) is 18.2 Å². The van der Waals surface area contributed by atoms with E-state index in [1.165, 1.54) is 0 Å². The number of rotatable bonds is 5. The van der Waals surface area contributed by atoms with E-state index in [1.807, 2.05) is 36.4 Å². The second-order valence-electron chi connectivity index (χ2n) is 4.83. The maximum absolute atomic E-state index is 10.3. The number of ether oxygens (including phenoxy) is 1. The Morgan fingerprint density at radius 2 is 1.48 bits per heavy atom. The summed E-state index contributed by atoms with van der Waals surface area (Å²) in [6, 6.07) is 16.9. The molecule has 2 rings (SSSR count). The van der Waals surface area contributed by atoms with Crippen LogP contribution in [0.15, 0.2) is 48.5 Å². The minimum absolute atomic E-state index is 0.270. The zero-order valence-corrected chi connectivity index (χ0v) is 12.5. The summed E-state index contributed by atoms with van der Waals surface area (Å²) in [5, 5.41) is 17.2. The van der Waals surface area contributed by atoms with Gasteiger partial charge in [0.2, 0.25) is 0 Å². The Kier molecular flexibility index (Phi) is 5.94. The summed E-state index contributed by atoms with van der Waals surface area (Å²) in [6.45, 7) is 0.108. The topological polar surface area (TPSA) is 70.3 Å². The lowest BCUT2D eigenvalue weighted by Gasteiger charge is -2.02. The third-order valence-corrected chi connectivity index (χ3v) is 3.08. The molecule has 0 unspecified atom stereocenters. The number of benzene rings is 2. The van der Waals surface area contributed by atoms with E-state index in [0.717, 1.165) is 16.7 Å². The molecule has 0 saturated heterocycles. The van der Waals surface area contributed by atoms with Crippen molar-refractivity contribution in [1.82, 2.24) is 0 Å². The van der Waals surface area contributed by atoms with Crippen LogP contribution in [0.1, 0.15) is 22.3 Å². The quantitative estimate of drug-likeness (QED) is 0.681. The molecule has 0 spiro atoms. The number of carboxylic acids is 1. The van der Waals surface area contributed by atoms with Crippen molar-refractivity contribution in [2.75, 3.05) is 13.2 Å². The zero-order chi connectivity index (χ0) is 16.5. The molecule has 0 atom stereocenters. The second kappa shape index (κ2) is 8.38. The zero-order valence-electron chi connectivity index (χ0n) is 12.5. The summed E-state index contributed by atoms with van der Waals surface area (Å²) < 4.78 is 5.00. The van der Waals surface area contributed by atoms with E-state index >= 15 is 0 Å². The van der Waals surface area contributed by atoms with Crippen molar-refractivity contribution >= 4 is 5.97 Å². The predicted octanol–water partition coefficient (Wildman–Crippen LogP) is 2.60. The van der Waals surface area contributed by atoms with Gasteiger partial charge in [-0.2, -0.15) is 5.26 Å². The Morgan fingerprint density at radius 3 is 2.00 bits per heavy atom. The van der Waals surface area contributed by atoms with Crippen molar-refractivity contribution in [2.45, 2.75) is 6.42 Å². The Labute approximate surface area is 135 Å². The van der Waals surface area contributed by atoms with Crippen LogP contribution in [0.25, 0.3) is 0 Å². The number of hydrogen-bond donors (Lipinski definition) is 1. The maximum atomic E-state index is 10.3. The highest BCUT2D eigenvalue weighted by Gasteiger charge is 1.97. The lowest BCUT2D eigenvalue weighted by Crippen LogP contribution is -2.08. The molecule has 2 aromatic carbocycles. The first-order chi connectivity index (χ1) is 11.2. The Bertz CT molecular complexity index is 759. The largest absolute Gasteiger partial charge is 0.480 e. The molecule has 4 heteroatoms. The summed E-state index contributed by atoms with van der Waals surface area (Å²) in [5.74, 6) is 5.15. The van der Waals surface area contributed by atoms with Gasteiger partial charge >= 0.3 is 5.97 Å². The van der Waals surface area contributed by atoms with E-state index in [1.54, 1.807) is 12.1 Å². The van der Waals surface area contributed by atoms with Gasteiger partial charge < -0.3 is 9.84 Å². The van der Waals surface area contributed by atoms with Crippen LogP contribution in [0, 0.1) is 23.2 Å². The maximum Gasteiger partial charge on any atom is 0.329 e. The number of hydrogen-bond acceptors (Lipinski definition) is 3. The molecular formula is C19H15NO3. The van der Waals surface area contributed by atoms with Gasteiger partial charge in [-0.1, -0.05) is 24.0 Å². The number of nitriles is 1. The molecule has 0 bridgehead atoms. The van der Waals surface area contributed by atoms with Gasteiger partial charge in [-0.05, 0) is 48.4 Å². The minimum atomic E-state index is -0.960. The van der Waals surface area contributed by atoms with Crippen LogP contribution in [0.2, 0.25) is 0 Å². The lowest BCUT2D eigenvalue weighted by molar-refractivity contribution is -0.142.